The Labute approximate surface area is 152 Å². The predicted octanol–water partition coefficient (Wildman–Crippen LogP) is 7.48. The van der Waals surface area contributed by atoms with Crippen LogP contribution in [0.1, 0.15) is 11.2 Å². The van der Waals surface area contributed by atoms with Crippen molar-refractivity contribution in [3.63, 3.8) is 0 Å². The zero-order chi connectivity index (χ0) is 17.3. The molecule has 1 heterocycles. The van der Waals surface area contributed by atoms with E-state index >= 15 is 0 Å². The van der Waals surface area contributed by atoms with Gasteiger partial charge in [-0.1, -0.05) is 85.0 Å². The van der Waals surface area contributed by atoms with Crippen molar-refractivity contribution in [2.45, 2.75) is 5.66 Å². The molecule has 126 valence electrons. The third-order valence-electron chi connectivity index (χ3n) is 4.66. The van der Waals surface area contributed by atoms with Gasteiger partial charge >= 0.3 is 0 Å². The van der Waals surface area contributed by atoms with Gasteiger partial charge in [0.05, 0.1) is 0 Å². The van der Waals surface area contributed by atoms with E-state index < -0.39 is 8.01 Å². The van der Waals surface area contributed by atoms with Gasteiger partial charge in [0, 0.05) is 10.8 Å². The summed E-state index contributed by atoms with van der Waals surface area (Å²) in [7, 11) is -1.19. The van der Waals surface area contributed by atoms with E-state index in [4.69, 9.17) is 8.39 Å². The van der Waals surface area contributed by atoms with E-state index in [2.05, 4.69) is 54.6 Å². The fraction of sp³-hybridized carbons (Fsp3) is 0.0435. The Kier molecular flexibility index (Phi) is 3.77. The Morgan fingerprint density at radius 3 is 1.88 bits per heavy atom. The molecule has 0 saturated heterocycles. The summed E-state index contributed by atoms with van der Waals surface area (Å²) in [4.78, 5) is 0. The van der Waals surface area contributed by atoms with Crippen LogP contribution in [0.15, 0.2) is 105 Å². The molecule has 1 unspecified atom stereocenters. The molecule has 0 bridgehead atoms. The van der Waals surface area contributed by atoms with Crippen molar-refractivity contribution in [3.05, 3.63) is 103 Å². The van der Waals surface area contributed by atoms with E-state index in [1.165, 1.54) is 11.1 Å². The lowest BCUT2D eigenvalue weighted by atomic mass is 10.1. The van der Waals surface area contributed by atoms with Crippen LogP contribution in [0.25, 0.3) is 27.5 Å². The van der Waals surface area contributed by atoms with Gasteiger partial charge in [0.2, 0.25) is 8.01 Å². The average Bonchev–Trinajstić information content (AvgIpc) is 3.12. The van der Waals surface area contributed by atoms with Crippen LogP contribution in [0.4, 0.5) is 0 Å². The van der Waals surface area contributed by atoms with E-state index in [1.54, 1.807) is 0 Å². The van der Waals surface area contributed by atoms with Gasteiger partial charge in [-0.2, -0.15) is 0 Å². The molecule has 0 saturated carbocycles. The van der Waals surface area contributed by atoms with E-state index in [1.807, 2.05) is 42.5 Å². The lowest BCUT2D eigenvalue weighted by Crippen LogP contribution is -1.87. The van der Waals surface area contributed by atoms with Gasteiger partial charge in [-0.3, -0.25) is 0 Å². The summed E-state index contributed by atoms with van der Waals surface area (Å²) in [6, 6.07) is 26.8. The molecule has 4 aromatic rings. The summed E-state index contributed by atoms with van der Waals surface area (Å²) < 4.78 is 12.9. The van der Waals surface area contributed by atoms with Crippen LogP contribution in [0.3, 0.4) is 0 Å². The van der Waals surface area contributed by atoms with Gasteiger partial charge in [-0.25, -0.2) is 0 Å². The monoisotopic (exact) mass is 356 g/mol. The van der Waals surface area contributed by atoms with Crippen molar-refractivity contribution >= 4 is 35.5 Å². The first-order chi connectivity index (χ1) is 12.9. The maximum absolute atomic E-state index is 6.43. The third-order valence-corrected chi connectivity index (χ3v) is 6.32. The molecule has 1 aromatic heterocycles. The highest BCUT2D eigenvalue weighted by Gasteiger charge is 2.23. The summed E-state index contributed by atoms with van der Waals surface area (Å²) in [6.07, 6.45) is 6.45. The van der Waals surface area contributed by atoms with Gasteiger partial charge < -0.3 is 8.39 Å². The van der Waals surface area contributed by atoms with Gasteiger partial charge in [0.25, 0.3) is 0 Å². The zero-order valence-electron chi connectivity index (χ0n) is 14.1. The first-order valence-electron chi connectivity index (χ1n) is 8.67. The molecule has 0 spiro atoms. The number of rotatable bonds is 2. The first-order valence-corrected chi connectivity index (χ1v) is 9.92. The molecular formula is C23H17O2P. The fourth-order valence-corrected chi connectivity index (χ4v) is 5.08. The summed E-state index contributed by atoms with van der Waals surface area (Å²) in [5, 5.41) is 2.17. The minimum absolute atomic E-state index is 0.103. The molecule has 0 amide bonds. The Morgan fingerprint density at radius 2 is 1.23 bits per heavy atom. The van der Waals surface area contributed by atoms with Crippen molar-refractivity contribution in [3.8, 4) is 0 Å². The molecule has 2 nitrogen and oxygen atoms in total. The van der Waals surface area contributed by atoms with Crippen LogP contribution >= 0.6 is 8.01 Å². The molecule has 5 rings (SSSR count). The minimum Gasteiger partial charge on any atom is -0.418 e. The van der Waals surface area contributed by atoms with Crippen molar-refractivity contribution in [2.75, 3.05) is 0 Å². The van der Waals surface area contributed by atoms with E-state index in [-0.39, 0.29) is 5.66 Å². The predicted molar refractivity (Wildman–Crippen MR) is 109 cm³/mol. The summed E-state index contributed by atoms with van der Waals surface area (Å²) in [5.41, 5.74) is 4.33. The number of fused-ring (bicyclic) bond motifs is 3. The van der Waals surface area contributed by atoms with Crippen LogP contribution in [0.5, 0.6) is 0 Å². The van der Waals surface area contributed by atoms with Gasteiger partial charge in [-0.15, -0.1) is 0 Å². The third kappa shape index (κ3) is 2.60. The molecular weight excluding hydrogens is 339 g/mol. The smallest absolute Gasteiger partial charge is 0.228 e. The van der Waals surface area contributed by atoms with Crippen LogP contribution in [-0.4, -0.2) is 0 Å². The molecule has 1 atom stereocenters. The molecule has 26 heavy (non-hydrogen) atoms. The largest absolute Gasteiger partial charge is 0.418 e. The van der Waals surface area contributed by atoms with Crippen molar-refractivity contribution < 1.29 is 8.39 Å². The Bertz CT molecular complexity index is 1130. The van der Waals surface area contributed by atoms with Crippen LogP contribution in [0, 0.1) is 0 Å². The quantitative estimate of drug-likeness (QED) is 0.372. The van der Waals surface area contributed by atoms with Crippen LogP contribution in [-0.2, 0) is 0 Å². The summed E-state index contributed by atoms with van der Waals surface area (Å²) >= 11 is 0. The number of benzene rings is 3. The Morgan fingerprint density at radius 1 is 0.654 bits per heavy atom. The summed E-state index contributed by atoms with van der Waals surface area (Å²) in [5.74, 6) is 0. The van der Waals surface area contributed by atoms with Gasteiger partial charge in [0.1, 0.15) is 16.8 Å². The SMILES string of the molecule is C1=CC(p2oc3ccccc3c3ccccc3o2)C(c2ccccc2)=C1. The number of para-hydroxylation sites is 2. The molecule has 1 aliphatic carbocycles. The Balaban J connectivity index is 1.76. The minimum atomic E-state index is -1.19. The maximum atomic E-state index is 6.43. The highest BCUT2D eigenvalue weighted by molar-refractivity contribution is 7.38. The van der Waals surface area contributed by atoms with Gasteiger partial charge in [0.15, 0.2) is 0 Å². The second-order valence-electron chi connectivity index (χ2n) is 6.28. The molecule has 3 heteroatoms. The van der Waals surface area contributed by atoms with Crippen molar-refractivity contribution in [1.82, 2.24) is 0 Å². The Hall–Kier alpha value is -2.96. The molecule has 1 aliphatic rings. The number of hydrogen-bond acceptors (Lipinski definition) is 2. The van der Waals surface area contributed by atoms with Crippen molar-refractivity contribution in [2.24, 2.45) is 0 Å². The van der Waals surface area contributed by atoms with E-state index in [0.717, 1.165) is 21.9 Å². The highest BCUT2D eigenvalue weighted by Crippen LogP contribution is 2.52. The van der Waals surface area contributed by atoms with Crippen LogP contribution in [0.2, 0.25) is 0 Å². The standard InChI is InChI=1S/C23H17O2P/c1-2-9-17(10-3-1)18-13-8-16-23(18)26-24-21-14-6-4-11-19(21)20-12-5-7-15-22(20)25-26/h1-16,23H. The second-order valence-corrected chi connectivity index (χ2v) is 7.77. The summed E-state index contributed by atoms with van der Waals surface area (Å²) in [6.45, 7) is 0. The average molecular weight is 356 g/mol. The van der Waals surface area contributed by atoms with E-state index in [9.17, 15) is 0 Å². The topological polar surface area (TPSA) is 26.3 Å². The van der Waals surface area contributed by atoms with Crippen molar-refractivity contribution in [1.29, 1.82) is 0 Å². The van der Waals surface area contributed by atoms with E-state index in [0.29, 0.717) is 0 Å². The lowest BCUT2D eigenvalue weighted by Gasteiger charge is -2.11. The lowest BCUT2D eigenvalue weighted by molar-refractivity contribution is 0.635. The second kappa shape index (κ2) is 6.40. The maximum Gasteiger partial charge on any atom is 0.228 e. The normalized spacial score (nSPS) is 16.2. The number of hydrogen-bond donors (Lipinski definition) is 0. The van der Waals surface area contributed by atoms with Gasteiger partial charge in [-0.05, 0) is 23.3 Å². The molecule has 0 aliphatic heterocycles. The molecule has 0 radical (unpaired) electrons. The molecule has 3 aromatic carbocycles. The molecule has 0 N–H and O–H groups in total. The zero-order valence-corrected chi connectivity index (χ0v) is 15.0. The fourth-order valence-electron chi connectivity index (χ4n) is 3.41. The first kappa shape index (κ1) is 15.3. The highest BCUT2D eigenvalue weighted by atomic mass is 31.1. The number of allylic oxidation sites excluding steroid dienone is 4. The molecule has 0 fully saturated rings. The van der Waals surface area contributed by atoms with Crippen LogP contribution < -0.4 is 0 Å².